The van der Waals surface area contributed by atoms with Gasteiger partial charge in [-0.05, 0) is 52.3 Å². The average molecular weight is 839 g/mol. The van der Waals surface area contributed by atoms with Crippen LogP contribution in [0.1, 0.15) is 33.3 Å². The molecule has 4 heterocycles. The Bertz CT molecular complexity index is 2050. The summed E-state index contributed by atoms with van der Waals surface area (Å²) in [5, 5.41) is 116. The van der Waals surface area contributed by atoms with Crippen LogP contribution in [0.3, 0.4) is 0 Å². The lowest BCUT2D eigenvalue weighted by Gasteiger charge is -2.45. The Morgan fingerprint density at radius 2 is 1.36 bits per heavy atom. The lowest BCUT2D eigenvalue weighted by atomic mass is 9.98. The monoisotopic (exact) mass is 838 g/mol. The van der Waals surface area contributed by atoms with Crippen molar-refractivity contribution in [2.24, 2.45) is 0 Å². The molecule has 15 unspecified atom stereocenters. The number of aliphatic hydroxyl groups is 9. The van der Waals surface area contributed by atoms with Gasteiger partial charge in [-0.1, -0.05) is 11.6 Å². The zero-order valence-electron chi connectivity index (χ0n) is 32.6. The summed E-state index contributed by atoms with van der Waals surface area (Å²) in [5.74, 6) is -2.37. The Hall–Kier alpha value is -4.13. The van der Waals surface area contributed by atoms with Crippen LogP contribution in [0.5, 0.6) is 28.7 Å². The molecular formula is C39H50O20. The number of hydrogen-bond donors (Lipinski definition) is 11. The highest BCUT2D eigenvalue weighted by Crippen LogP contribution is 2.43. The first-order valence-electron chi connectivity index (χ1n) is 18.7. The fourth-order valence-electron chi connectivity index (χ4n) is 7.02. The first-order valence-corrected chi connectivity index (χ1v) is 18.7. The van der Waals surface area contributed by atoms with Crippen molar-refractivity contribution < 1.29 is 93.7 Å². The van der Waals surface area contributed by atoms with Crippen LogP contribution in [0.4, 0.5) is 0 Å². The van der Waals surface area contributed by atoms with Gasteiger partial charge < -0.3 is 93.7 Å². The van der Waals surface area contributed by atoms with E-state index in [0.29, 0.717) is 0 Å². The highest BCUT2D eigenvalue weighted by Gasteiger charge is 2.51. The molecular weight excluding hydrogens is 788 g/mol. The first kappa shape index (κ1) is 44.4. The minimum Gasteiger partial charge on any atom is -0.507 e. The Kier molecular flexibility index (Phi) is 13.4. The number of benzene rings is 2. The van der Waals surface area contributed by atoms with Crippen LogP contribution in [0.25, 0.3) is 22.3 Å². The summed E-state index contributed by atoms with van der Waals surface area (Å²) in [6, 6.07) is 4.95. The van der Waals surface area contributed by atoms with Crippen molar-refractivity contribution in [1.82, 2.24) is 0 Å². The van der Waals surface area contributed by atoms with Crippen LogP contribution >= 0.6 is 0 Å². The second kappa shape index (κ2) is 17.8. The molecule has 3 saturated heterocycles. The molecule has 0 amide bonds. The Morgan fingerprint density at radius 1 is 0.729 bits per heavy atom. The zero-order valence-corrected chi connectivity index (χ0v) is 32.6. The van der Waals surface area contributed by atoms with E-state index in [1.54, 1.807) is 19.9 Å². The zero-order chi connectivity index (χ0) is 43.2. The van der Waals surface area contributed by atoms with E-state index in [1.165, 1.54) is 39.2 Å². The van der Waals surface area contributed by atoms with Gasteiger partial charge in [0.1, 0.15) is 77.4 Å². The lowest BCUT2D eigenvalue weighted by molar-refractivity contribution is -0.352. The van der Waals surface area contributed by atoms with Gasteiger partial charge in [-0.2, -0.15) is 0 Å². The number of fused-ring (bicyclic) bond motifs is 1. The largest absolute Gasteiger partial charge is 0.507 e. The van der Waals surface area contributed by atoms with E-state index in [9.17, 15) is 61.0 Å². The topological polar surface area (TPSA) is 317 Å². The molecule has 3 fully saturated rings. The van der Waals surface area contributed by atoms with Gasteiger partial charge in [0.15, 0.2) is 29.7 Å². The number of allylic oxidation sites excluding steroid dienone is 2. The van der Waals surface area contributed by atoms with Crippen LogP contribution in [0, 0.1) is 0 Å². The Morgan fingerprint density at radius 3 is 1.98 bits per heavy atom. The molecule has 20 nitrogen and oxygen atoms in total. The summed E-state index contributed by atoms with van der Waals surface area (Å²) in [7, 11) is 1.31. The van der Waals surface area contributed by atoms with Crippen molar-refractivity contribution in [2.45, 2.75) is 126 Å². The third kappa shape index (κ3) is 8.59. The summed E-state index contributed by atoms with van der Waals surface area (Å²) in [4.78, 5) is 14.8. The molecule has 3 aliphatic rings. The summed E-state index contributed by atoms with van der Waals surface area (Å²) < 4.78 is 46.5. The number of aliphatic hydroxyl groups excluding tert-OH is 9. The van der Waals surface area contributed by atoms with Gasteiger partial charge in [0, 0.05) is 17.2 Å². The molecule has 0 spiro atoms. The van der Waals surface area contributed by atoms with Gasteiger partial charge in [-0.25, -0.2) is 0 Å². The maximum atomic E-state index is 14.8. The minimum absolute atomic E-state index is 0.00379. The van der Waals surface area contributed by atoms with E-state index in [4.69, 9.17) is 37.6 Å². The summed E-state index contributed by atoms with van der Waals surface area (Å²) >= 11 is 0. The van der Waals surface area contributed by atoms with Gasteiger partial charge in [0.2, 0.25) is 23.8 Å². The van der Waals surface area contributed by atoms with E-state index in [-0.39, 0.29) is 40.4 Å². The maximum absolute atomic E-state index is 14.8. The standard InChI is InChI=1S/C39H50O20/c1-13(2)6-8-17-21(55-38-32(51)29(48)26(45)22(12-40)56-38)11-19(42)23-27(46)35(33(57-34(17)23)16-7-9-20(52-5)18(41)10-16)58-39-36(30(49)25(44)15(4)54-39)59-37-31(50)28(47)24(43)14(3)53-37/h6-7,9-11,14-15,22,24-26,28-32,36-45,47-51H,8,12H2,1-5H3. The third-order valence-corrected chi connectivity index (χ3v) is 10.5. The Labute approximate surface area is 336 Å². The normalized spacial score (nSPS) is 35.0. The summed E-state index contributed by atoms with van der Waals surface area (Å²) in [5.41, 5.74) is -0.426. The van der Waals surface area contributed by atoms with Crippen LogP contribution in [-0.4, -0.2) is 162 Å². The smallest absolute Gasteiger partial charge is 0.239 e. The van der Waals surface area contributed by atoms with Crippen molar-refractivity contribution in [3.05, 3.63) is 51.7 Å². The maximum Gasteiger partial charge on any atom is 0.239 e. The van der Waals surface area contributed by atoms with Crippen molar-refractivity contribution in [3.8, 4) is 40.1 Å². The van der Waals surface area contributed by atoms with Gasteiger partial charge in [-0.15, -0.1) is 0 Å². The molecule has 0 bridgehead atoms. The number of hydrogen-bond acceptors (Lipinski definition) is 20. The van der Waals surface area contributed by atoms with Gasteiger partial charge >= 0.3 is 0 Å². The molecule has 59 heavy (non-hydrogen) atoms. The van der Waals surface area contributed by atoms with Gasteiger partial charge in [0.05, 0.1) is 25.9 Å². The number of phenolic OH excluding ortho intramolecular Hbond substituents is 2. The van der Waals surface area contributed by atoms with E-state index < -0.39 is 127 Å². The molecule has 6 rings (SSSR count). The predicted molar refractivity (Wildman–Crippen MR) is 200 cm³/mol. The van der Waals surface area contributed by atoms with E-state index in [2.05, 4.69) is 0 Å². The van der Waals surface area contributed by atoms with Gasteiger partial charge in [-0.3, -0.25) is 4.79 Å². The van der Waals surface area contributed by atoms with Crippen molar-refractivity contribution in [1.29, 1.82) is 0 Å². The fraction of sp³-hybridized carbons (Fsp3) is 0.564. The number of ether oxygens (including phenoxy) is 7. The number of aromatic hydroxyl groups is 2. The molecule has 0 radical (unpaired) electrons. The lowest BCUT2D eigenvalue weighted by Crippen LogP contribution is -2.63. The van der Waals surface area contributed by atoms with E-state index in [1.807, 2.05) is 0 Å². The number of phenols is 2. The SMILES string of the molecule is COc1ccc(-c2oc3c(CC=C(C)C)c(OC4OC(CO)C(O)C(O)C4O)cc(O)c3c(=O)c2OC2OC(C)C(O)C(O)C2OC2OC(C)C(O)C(O)C2O)cc1O. The molecule has 2 aromatic carbocycles. The molecule has 15 atom stereocenters. The molecule has 1 aromatic heterocycles. The second-order valence-corrected chi connectivity index (χ2v) is 14.9. The van der Waals surface area contributed by atoms with Crippen molar-refractivity contribution in [3.63, 3.8) is 0 Å². The second-order valence-electron chi connectivity index (χ2n) is 14.9. The van der Waals surface area contributed by atoms with Crippen LogP contribution < -0.4 is 19.6 Å². The predicted octanol–water partition coefficient (Wildman–Crippen LogP) is -1.37. The summed E-state index contributed by atoms with van der Waals surface area (Å²) in [6.07, 6.45) is -22.8. The first-order chi connectivity index (χ1) is 27.9. The van der Waals surface area contributed by atoms with E-state index >= 15 is 0 Å². The van der Waals surface area contributed by atoms with Gasteiger partial charge in [0.25, 0.3) is 0 Å². The number of rotatable bonds is 11. The summed E-state index contributed by atoms with van der Waals surface area (Å²) in [6.45, 7) is 5.59. The molecule has 11 N–H and O–H groups in total. The molecule has 3 aliphatic heterocycles. The highest BCUT2D eigenvalue weighted by molar-refractivity contribution is 5.91. The Balaban J connectivity index is 1.52. The highest BCUT2D eigenvalue weighted by atomic mass is 16.8. The molecule has 0 aliphatic carbocycles. The molecule has 20 heteroatoms. The third-order valence-electron chi connectivity index (χ3n) is 10.5. The molecule has 0 saturated carbocycles. The van der Waals surface area contributed by atoms with Crippen LogP contribution in [0.15, 0.2) is 45.1 Å². The van der Waals surface area contributed by atoms with Crippen molar-refractivity contribution >= 4 is 11.0 Å². The minimum atomic E-state index is -1.86. The fourth-order valence-corrected chi connectivity index (χ4v) is 7.02. The quantitative estimate of drug-likeness (QED) is 0.0992. The number of methoxy groups -OCH3 is 1. The molecule has 3 aromatic rings. The van der Waals surface area contributed by atoms with Crippen LogP contribution in [0.2, 0.25) is 0 Å². The van der Waals surface area contributed by atoms with E-state index in [0.717, 1.165) is 11.6 Å². The van der Waals surface area contributed by atoms with Crippen LogP contribution in [-0.2, 0) is 25.4 Å². The van der Waals surface area contributed by atoms with Crippen molar-refractivity contribution in [2.75, 3.05) is 13.7 Å². The average Bonchev–Trinajstić information content (AvgIpc) is 3.19. The molecule has 326 valence electrons.